The zero-order valence-electron chi connectivity index (χ0n) is 27.1. The average Bonchev–Trinajstić information content (AvgIpc) is 3.64. The maximum atomic E-state index is 12.3. The number of aliphatic hydroxyl groups excluding tert-OH is 5. The van der Waals surface area contributed by atoms with Gasteiger partial charge in [-0.3, -0.25) is 14.3 Å². The highest BCUT2D eigenvalue weighted by molar-refractivity contribution is 7.32. The van der Waals surface area contributed by atoms with Crippen molar-refractivity contribution in [2.45, 2.75) is 63.2 Å². The summed E-state index contributed by atoms with van der Waals surface area (Å²) < 4.78 is 38.3. The van der Waals surface area contributed by atoms with Crippen LogP contribution in [0.25, 0.3) is 33.4 Å². The molecule has 1 aromatic carbocycles. The number of nitrogens with one attached hydrogen (secondary N) is 2. The zero-order chi connectivity index (χ0) is 38.0. The molecule has 278 valence electrons. The summed E-state index contributed by atoms with van der Waals surface area (Å²) >= 11 is 0. The highest BCUT2D eigenvalue weighted by Gasteiger charge is 2.45. The van der Waals surface area contributed by atoms with Gasteiger partial charge in [-0.25, -0.2) is 29.3 Å². The number of nitrogens with two attached hydrogens (primary N) is 1. The van der Waals surface area contributed by atoms with Gasteiger partial charge in [-0.05, 0) is 37.1 Å². The molecule has 52 heavy (non-hydrogen) atoms. The molecule has 1 saturated heterocycles. The summed E-state index contributed by atoms with van der Waals surface area (Å²) in [5.74, 6) is 0.175. The summed E-state index contributed by atoms with van der Waals surface area (Å²) in [6.07, 6.45) is -6.93. The number of H-pyrrole nitrogens is 2. The van der Waals surface area contributed by atoms with Crippen LogP contribution < -0.4 is 21.5 Å². The van der Waals surface area contributed by atoms with E-state index < -0.39 is 77.2 Å². The number of benzene rings is 1. The number of hydrogen-bond acceptors (Lipinski definition) is 17. The molecule has 23 nitrogen and oxygen atoms in total. The van der Waals surface area contributed by atoms with Crippen molar-refractivity contribution in [1.29, 1.82) is 0 Å². The van der Waals surface area contributed by atoms with Crippen molar-refractivity contribution in [1.82, 2.24) is 34.5 Å². The van der Waals surface area contributed by atoms with Gasteiger partial charge in [-0.2, -0.15) is 4.98 Å². The number of aromatic amines is 2. The largest absolute Gasteiger partial charge is 0.694 e. The van der Waals surface area contributed by atoms with Gasteiger partial charge in [0.25, 0.3) is 5.56 Å². The summed E-state index contributed by atoms with van der Waals surface area (Å²) in [7, 11) is -5.80. The Balaban J connectivity index is 0.000000210. The van der Waals surface area contributed by atoms with E-state index in [-0.39, 0.29) is 30.1 Å². The lowest BCUT2D eigenvalue weighted by atomic mass is 10.1. The summed E-state index contributed by atoms with van der Waals surface area (Å²) in [4.78, 5) is 62.1. The predicted octanol–water partition coefficient (Wildman–Crippen LogP) is -2.89. The minimum absolute atomic E-state index is 0.0231. The van der Waals surface area contributed by atoms with Crippen molar-refractivity contribution in [2.75, 3.05) is 18.9 Å². The Kier molecular flexibility index (Phi) is 12.1. The van der Waals surface area contributed by atoms with E-state index in [1.807, 2.05) is 13.8 Å². The molecule has 6 rings (SSSR count). The molecule has 0 bridgehead atoms. The number of rotatable bonds is 11. The third-order valence-corrected chi connectivity index (χ3v) is 8.88. The molecular weight excluding hydrogens is 736 g/mol. The van der Waals surface area contributed by atoms with E-state index in [0.717, 1.165) is 11.1 Å². The summed E-state index contributed by atoms with van der Waals surface area (Å²) in [6, 6.07) is 3.50. The molecule has 1 aliphatic heterocycles. The van der Waals surface area contributed by atoms with Gasteiger partial charge in [0.15, 0.2) is 23.2 Å². The van der Waals surface area contributed by atoms with Gasteiger partial charge in [0.05, 0.1) is 6.33 Å². The Hall–Kier alpha value is -4.35. The molecular formula is C27H34N9O14P2+3. The lowest BCUT2D eigenvalue weighted by Crippen LogP contribution is -2.51. The Labute approximate surface area is 291 Å². The number of nitrogen functional groups attached to an aromatic ring is 1. The van der Waals surface area contributed by atoms with Crippen LogP contribution in [-0.4, -0.2) is 120 Å². The topological polar surface area (TPSA) is 356 Å². The van der Waals surface area contributed by atoms with Gasteiger partial charge >= 0.3 is 27.8 Å². The maximum Gasteiger partial charge on any atom is 0.694 e. The number of aliphatic hydroxyl groups is 5. The lowest BCUT2D eigenvalue weighted by molar-refractivity contribution is -0.657. The second-order valence-electron chi connectivity index (χ2n) is 11.6. The first-order valence-electron chi connectivity index (χ1n) is 15.1. The predicted molar refractivity (Wildman–Crippen MR) is 175 cm³/mol. The first-order valence-corrected chi connectivity index (χ1v) is 17.4. The Morgan fingerprint density at radius 1 is 0.981 bits per heavy atom. The molecule has 4 aromatic heterocycles. The molecule has 0 amide bonds. The van der Waals surface area contributed by atoms with Crippen LogP contribution in [0.1, 0.15) is 17.4 Å². The zero-order valence-corrected chi connectivity index (χ0v) is 28.9. The van der Waals surface area contributed by atoms with Gasteiger partial charge in [-0.15, -0.1) is 18.8 Å². The third-order valence-electron chi connectivity index (χ3n) is 8.14. The first kappa shape index (κ1) is 38.9. The smallest absolute Gasteiger partial charge is 0.388 e. The van der Waals surface area contributed by atoms with E-state index in [0.29, 0.717) is 22.2 Å². The Bertz CT molecular complexity index is 2250. The fourth-order valence-corrected chi connectivity index (χ4v) is 5.92. The number of anilines is 1. The second kappa shape index (κ2) is 16.1. The van der Waals surface area contributed by atoms with E-state index in [1.165, 1.54) is 21.8 Å². The third kappa shape index (κ3) is 8.31. The molecule has 1 aliphatic rings. The molecule has 0 aliphatic carbocycles. The van der Waals surface area contributed by atoms with Crippen LogP contribution in [0.15, 0.2) is 34.4 Å². The lowest BCUT2D eigenvalue weighted by Gasteiger charge is -2.21. The normalized spacial score (nSPS) is 21.2. The molecule has 11 N–H and O–H groups in total. The summed E-state index contributed by atoms with van der Waals surface area (Å²) in [5.41, 5.74) is 7.49. The van der Waals surface area contributed by atoms with E-state index in [1.54, 1.807) is 12.1 Å². The van der Waals surface area contributed by atoms with Gasteiger partial charge in [0.2, 0.25) is 5.52 Å². The van der Waals surface area contributed by atoms with Crippen molar-refractivity contribution < 1.29 is 62.8 Å². The molecule has 5 aromatic rings. The van der Waals surface area contributed by atoms with Crippen LogP contribution >= 0.6 is 16.5 Å². The molecule has 0 saturated carbocycles. The van der Waals surface area contributed by atoms with Crippen molar-refractivity contribution in [2.24, 2.45) is 0 Å². The second-order valence-corrected chi connectivity index (χ2v) is 13.0. The van der Waals surface area contributed by atoms with E-state index >= 15 is 0 Å². The highest BCUT2D eigenvalue weighted by Crippen LogP contribution is 2.33. The van der Waals surface area contributed by atoms with E-state index in [9.17, 15) is 44.3 Å². The molecule has 0 radical (unpaired) electrons. The van der Waals surface area contributed by atoms with Crippen LogP contribution in [0.5, 0.6) is 0 Å². The van der Waals surface area contributed by atoms with Gasteiger partial charge < -0.3 is 36.0 Å². The van der Waals surface area contributed by atoms with Gasteiger partial charge in [0.1, 0.15) is 73.7 Å². The number of hydrogen-bond donors (Lipinski definition) is 10. The standard InChI is InChI=1S/C17H19N4O8P.C10H12N5O6P/c1-7-3-9-10(4-8(7)2)21(15-13(18-9)16(25)20-17(26)19-15)5-11(22)14(24)12(23)6-29-30(27)28;11-8-5-9(13-2-12-8)15(3-14-5)10-7(17)6(16)4(21-10)1-20-22(18)19/h3-4,11-12,14,22-24H,5-6H2,1-2H3,(H-,20,25,26,27,28);2-4,6-7,10,16-17H,1H2,(H2-,11,12,13,18,19)/p+3/t11-,12+,14-;4-,6-,7-,10-/m01/s1. The molecule has 25 heteroatoms. The summed E-state index contributed by atoms with van der Waals surface area (Å²) in [5, 5.41) is 50.6. The van der Waals surface area contributed by atoms with Crippen LogP contribution in [0.2, 0.25) is 0 Å². The van der Waals surface area contributed by atoms with Crippen molar-refractivity contribution in [3.05, 3.63) is 56.8 Å². The fraction of sp³-hybridized carbons (Fsp3) is 0.444. The highest BCUT2D eigenvalue weighted by atomic mass is 31.1. The van der Waals surface area contributed by atoms with Crippen LogP contribution in [0.4, 0.5) is 5.82 Å². The Morgan fingerprint density at radius 2 is 1.67 bits per heavy atom. The van der Waals surface area contributed by atoms with Crippen molar-refractivity contribution in [3.63, 3.8) is 0 Å². The molecule has 1 fully saturated rings. The van der Waals surface area contributed by atoms with Gasteiger partial charge in [0, 0.05) is 9.13 Å². The number of ether oxygens (including phenoxy) is 1. The number of aromatic nitrogens is 8. The molecule has 0 spiro atoms. The van der Waals surface area contributed by atoms with Crippen molar-refractivity contribution >= 4 is 55.7 Å². The van der Waals surface area contributed by atoms with Crippen LogP contribution in [0, 0.1) is 13.8 Å². The number of nitrogens with zero attached hydrogens (tertiary/aromatic N) is 6. The van der Waals surface area contributed by atoms with E-state index in [4.69, 9.17) is 20.3 Å². The number of imidazole rings is 1. The van der Waals surface area contributed by atoms with E-state index in [2.05, 4.69) is 39.0 Å². The first-order chi connectivity index (χ1) is 24.6. The Morgan fingerprint density at radius 3 is 2.37 bits per heavy atom. The fourth-order valence-electron chi connectivity index (χ4n) is 5.37. The monoisotopic (exact) mass is 770 g/mol. The molecule has 5 heterocycles. The number of fused-ring (bicyclic) bond motifs is 3. The maximum absolute atomic E-state index is 12.3. The van der Waals surface area contributed by atoms with Crippen LogP contribution in [0.3, 0.4) is 0 Å². The number of aryl methyl sites for hydroxylation is 2. The summed E-state index contributed by atoms with van der Waals surface area (Å²) in [6.45, 7) is 2.36. The molecule has 2 unspecified atom stereocenters. The van der Waals surface area contributed by atoms with Crippen LogP contribution in [-0.2, 0) is 29.5 Å². The quantitative estimate of drug-likeness (QED) is 0.0366. The van der Waals surface area contributed by atoms with Gasteiger partial charge in [-0.1, -0.05) is 0 Å². The minimum Gasteiger partial charge on any atom is -0.388 e. The SMILES string of the molecule is Cc1cc2nc3c(=O)[nH]c(=O)[nH]c3[n+](C[C@H](O)[C@H](O)[C@H](O)CO[P+](=O)O)c2cc1C.Nc1ncnc2c1ncn2[C@@H]1O[C@H](CO[P+](=O)O)[C@@H](O)[C@H]1O. The minimum atomic E-state index is -2.98. The average molecular weight is 771 g/mol. The van der Waals surface area contributed by atoms with Crippen molar-refractivity contribution in [3.8, 4) is 0 Å². The molecule has 9 atom stereocenters.